The van der Waals surface area contributed by atoms with E-state index in [0.29, 0.717) is 0 Å². The van der Waals surface area contributed by atoms with E-state index in [4.69, 9.17) is 0 Å². The van der Waals surface area contributed by atoms with Crippen LogP contribution in [0.15, 0.2) is 48.5 Å². The molecule has 2 N–H and O–H groups in total. The number of hydrogen-bond donors (Lipinski definition) is 2. The van der Waals surface area contributed by atoms with Crippen LogP contribution in [0, 0.1) is 0 Å². The van der Waals surface area contributed by atoms with Crippen molar-refractivity contribution in [3.63, 3.8) is 0 Å². The van der Waals surface area contributed by atoms with Crippen LogP contribution >= 0.6 is 17.0 Å². The van der Waals surface area contributed by atoms with Crippen LogP contribution in [0.1, 0.15) is 22.8 Å². The smallest absolute Gasteiger partial charge is 0.0659 e. The van der Waals surface area contributed by atoms with Crippen LogP contribution in [-0.2, 0) is 17.1 Å². The van der Waals surface area contributed by atoms with Gasteiger partial charge in [-0.1, -0.05) is 0 Å². The third-order valence-electron chi connectivity index (χ3n) is 4.04. The fraction of sp³-hybridized carbons (Fsp3) is 0. The van der Waals surface area contributed by atoms with Gasteiger partial charge >= 0.3 is 0 Å². The van der Waals surface area contributed by atoms with Crippen LogP contribution in [-0.4, -0.2) is 19.9 Å². The molecule has 0 aliphatic carbocycles. The maximum atomic E-state index is 4.62. The van der Waals surface area contributed by atoms with E-state index in [9.17, 15) is 0 Å². The van der Waals surface area contributed by atoms with Gasteiger partial charge in [0.05, 0.1) is 22.8 Å². The van der Waals surface area contributed by atoms with Gasteiger partial charge in [-0.3, -0.25) is 0 Å². The molecule has 2 aliphatic heterocycles. The van der Waals surface area contributed by atoms with E-state index >= 15 is 0 Å². The number of halogens is 1. The fourth-order valence-corrected chi connectivity index (χ4v) is 2.94. The first-order valence-corrected chi connectivity index (χ1v) is 7.85. The third kappa shape index (κ3) is 3.73. The maximum Gasteiger partial charge on any atom is 0.0659 e. The molecule has 4 nitrogen and oxygen atoms in total. The van der Waals surface area contributed by atoms with E-state index < -0.39 is 0 Å². The Labute approximate surface area is 171 Å². The molecule has 8 bridgehead atoms. The molecule has 0 amide bonds. The Morgan fingerprint density at radius 2 is 0.846 bits per heavy atom. The first-order valence-electron chi connectivity index (χ1n) is 7.85. The molecule has 5 rings (SSSR count). The Morgan fingerprint density at radius 3 is 1.27 bits per heavy atom. The van der Waals surface area contributed by atoms with Crippen LogP contribution < -0.4 is 0 Å². The molecule has 0 fully saturated rings. The predicted molar refractivity (Wildman–Crippen MR) is 109 cm³/mol. The van der Waals surface area contributed by atoms with Gasteiger partial charge in [-0.05, 0) is 72.8 Å². The first-order chi connectivity index (χ1) is 11.8. The summed E-state index contributed by atoms with van der Waals surface area (Å²) >= 11 is 0. The second-order valence-corrected chi connectivity index (χ2v) is 5.91. The molecule has 0 saturated carbocycles. The number of aromatic nitrogens is 4. The minimum absolute atomic E-state index is 0. The summed E-state index contributed by atoms with van der Waals surface area (Å²) in [7, 11) is 0. The number of rotatable bonds is 0. The number of hydrogen-bond acceptors (Lipinski definition) is 2. The predicted octanol–water partition coefficient (Wildman–Crippen LogP) is 5.23. The van der Waals surface area contributed by atoms with E-state index in [1.54, 1.807) is 0 Å². The summed E-state index contributed by atoms with van der Waals surface area (Å²) < 4.78 is 0. The van der Waals surface area contributed by atoms with Crippen LogP contribution in [0.2, 0.25) is 0 Å². The zero-order chi connectivity index (χ0) is 15.9. The maximum absolute atomic E-state index is 4.62. The van der Waals surface area contributed by atoms with Crippen molar-refractivity contribution in [2.45, 2.75) is 0 Å². The average molecular weight is 455 g/mol. The van der Waals surface area contributed by atoms with E-state index in [0.717, 1.165) is 44.8 Å². The second kappa shape index (κ2) is 7.46. The van der Waals surface area contributed by atoms with Crippen molar-refractivity contribution in [3.8, 4) is 0 Å². The number of nitrogens with zero attached hydrogens (tertiary/aromatic N) is 2. The minimum atomic E-state index is 0. The van der Waals surface area contributed by atoms with Gasteiger partial charge in [0.15, 0.2) is 0 Å². The molecule has 26 heavy (non-hydrogen) atoms. The Balaban J connectivity index is 0.000000980. The van der Waals surface area contributed by atoms with Crippen LogP contribution in [0.25, 0.3) is 46.4 Å². The minimum Gasteiger partial charge on any atom is -0.355 e. The van der Waals surface area contributed by atoms with Gasteiger partial charge in [0.2, 0.25) is 0 Å². The number of fused-ring (bicyclic) bond motifs is 8. The molecular formula is C20H15BrCuN4. The largest absolute Gasteiger partial charge is 0.355 e. The molecule has 1 radical (unpaired) electrons. The summed E-state index contributed by atoms with van der Waals surface area (Å²) in [6, 6.07) is 16.4. The summed E-state index contributed by atoms with van der Waals surface area (Å²) in [5.74, 6) is 0. The van der Waals surface area contributed by atoms with Crippen molar-refractivity contribution in [1.82, 2.24) is 19.9 Å². The zero-order valence-electron chi connectivity index (χ0n) is 13.5. The SMILES string of the molecule is Br.C1=Cc2cc3ccc(cc4ccc(cc5nc(cc1n2)C=C5)[nH]4)[nH]3.[Cu]. The molecule has 0 aromatic carbocycles. The van der Waals surface area contributed by atoms with Gasteiger partial charge < -0.3 is 9.97 Å². The molecule has 0 atom stereocenters. The van der Waals surface area contributed by atoms with E-state index in [-0.39, 0.29) is 34.1 Å². The van der Waals surface area contributed by atoms with Crippen molar-refractivity contribution in [3.05, 3.63) is 71.3 Å². The second-order valence-electron chi connectivity index (χ2n) is 5.91. The van der Waals surface area contributed by atoms with E-state index in [1.807, 2.05) is 42.5 Å². The van der Waals surface area contributed by atoms with Crippen molar-refractivity contribution in [1.29, 1.82) is 0 Å². The zero-order valence-corrected chi connectivity index (χ0v) is 16.2. The van der Waals surface area contributed by atoms with E-state index in [1.165, 1.54) is 0 Å². The van der Waals surface area contributed by atoms with Crippen LogP contribution in [0.3, 0.4) is 0 Å². The molecule has 0 spiro atoms. The summed E-state index contributed by atoms with van der Waals surface area (Å²) in [6.07, 6.45) is 8.05. The van der Waals surface area contributed by atoms with Crippen molar-refractivity contribution in [2.75, 3.05) is 0 Å². The Bertz CT molecular complexity index is 1080. The molecule has 2 aliphatic rings. The van der Waals surface area contributed by atoms with Crippen LogP contribution in [0.5, 0.6) is 0 Å². The van der Waals surface area contributed by atoms with Gasteiger partial charge in [0.25, 0.3) is 0 Å². The average Bonchev–Trinajstić information content (AvgIpc) is 3.32. The van der Waals surface area contributed by atoms with Gasteiger partial charge in [-0.15, -0.1) is 17.0 Å². The number of aromatic amines is 2. The Hall–Kier alpha value is -2.40. The molecular weight excluding hydrogens is 440 g/mol. The fourth-order valence-electron chi connectivity index (χ4n) is 2.94. The first kappa shape index (κ1) is 18.4. The number of nitrogens with one attached hydrogen (secondary N) is 2. The summed E-state index contributed by atoms with van der Waals surface area (Å²) in [4.78, 5) is 16.0. The van der Waals surface area contributed by atoms with Crippen LogP contribution in [0.4, 0.5) is 0 Å². The monoisotopic (exact) mass is 453 g/mol. The molecule has 5 heterocycles. The standard InChI is InChI=1S/C20H14N4.BrH.Cu/c1-2-14-10-16-5-6-18(23-16)12-20-8-7-19(24-20)11-17-4-3-15(22-17)9-13(1)21-14;;/h1-12,21-22H;1H;. The Morgan fingerprint density at radius 1 is 0.500 bits per heavy atom. The molecule has 133 valence electrons. The van der Waals surface area contributed by atoms with Gasteiger partial charge in [0, 0.05) is 39.1 Å². The third-order valence-corrected chi connectivity index (χ3v) is 4.04. The summed E-state index contributed by atoms with van der Waals surface area (Å²) in [5, 5.41) is 0. The molecule has 3 aromatic rings. The van der Waals surface area contributed by atoms with E-state index in [2.05, 4.69) is 50.3 Å². The normalized spacial score (nSPS) is 11.7. The van der Waals surface area contributed by atoms with Crippen molar-refractivity contribution < 1.29 is 17.1 Å². The molecule has 0 unspecified atom stereocenters. The van der Waals surface area contributed by atoms with Gasteiger partial charge in [0.1, 0.15) is 0 Å². The van der Waals surface area contributed by atoms with Gasteiger partial charge in [-0.2, -0.15) is 0 Å². The van der Waals surface area contributed by atoms with Crippen molar-refractivity contribution in [2.24, 2.45) is 0 Å². The topological polar surface area (TPSA) is 57.4 Å². The summed E-state index contributed by atoms with van der Waals surface area (Å²) in [6.45, 7) is 0. The molecule has 6 heteroatoms. The number of H-pyrrole nitrogens is 2. The summed E-state index contributed by atoms with van der Waals surface area (Å²) in [5.41, 5.74) is 7.86. The molecule has 3 aromatic heterocycles. The Kier molecular flexibility index (Phi) is 5.28. The van der Waals surface area contributed by atoms with Gasteiger partial charge in [-0.25, -0.2) is 9.97 Å². The van der Waals surface area contributed by atoms with Crippen molar-refractivity contribution >= 4 is 63.4 Å². The molecule has 0 saturated heterocycles. The quantitative estimate of drug-likeness (QED) is 0.315.